The summed E-state index contributed by atoms with van der Waals surface area (Å²) in [5, 5.41) is 5.76. The van der Waals surface area contributed by atoms with Gasteiger partial charge in [0, 0.05) is 30.9 Å². The zero-order valence-corrected chi connectivity index (χ0v) is 15.6. The van der Waals surface area contributed by atoms with Crippen molar-refractivity contribution in [2.24, 2.45) is 0 Å². The number of anilines is 2. The Bertz CT molecular complexity index is 825. The van der Waals surface area contributed by atoms with Crippen molar-refractivity contribution in [3.05, 3.63) is 58.7 Å². The number of nitrogens with one attached hydrogen (secondary N) is 2. The molecule has 1 aliphatic heterocycles. The van der Waals surface area contributed by atoms with Crippen molar-refractivity contribution in [1.29, 1.82) is 0 Å². The summed E-state index contributed by atoms with van der Waals surface area (Å²) < 4.78 is 0. The zero-order valence-electron chi connectivity index (χ0n) is 15.6. The molecule has 2 aromatic rings. The van der Waals surface area contributed by atoms with Crippen LogP contribution < -0.4 is 15.5 Å². The Labute approximate surface area is 154 Å². The van der Waals surface area contributed by atoms with Gasteiger partial charge in [0.2, 0.25) is 5.91 Å². The van der Waals surface area contributed by atoms with Gasteiger partial charge in [0.1, 0.15) is 0 Å². The molecule has 3 rings (SSSR count). The van der Waals surface area contributed by atoms with Crippen LogP contribution >= 0.6 is 0 Å². The first-order chi connectivity index (χ1) is 12.5. The number of aryl methyl sites for hydroxylation is 2. The molecule has 2 N–H and O–H groups in total. The molecular weight excluding hydrogens is 326 g/mol. The van der Waals surface area contributed by atoms with Crippen LogP contribution in [0.15, 0.2) is 36.4 Å². The maximum Gasteiger partial charge on any atom is 0.319 e. The quantitative estimate of drug-likeness (QED) is 0.877. The maximum absolute atomic E-state index is 12.1. The lowest BCUT2D eigenvalue weighted by Crippen LogP contribution is -2.28. The van der Waals surface area contributed by atoms with Crippen LogP contribution in [0.3, 0.4) is 0 Å². The summed E-state index contributed by atoms with van der Waals surface area (Å²) in [4.78, 5) is 26.0. The van der Waals surface area contributed by atoms with E-state index in [-0.39, 0.29) is 11.9 Å². The van der Waals surface area contributed by atoms with Gasteiger partial charge in [-0.15, -0.1) is 0 Å². The Kier molecular flexibility index (Phi) is 5.26. The van der Waals surface area contributed by atoms with Crippen molar-refractivity contribution in [2.75, 3.05) is 16.8 Å². The number of rotatable bonds is 4. The first-order valence-corrected chi connectivity index (χ1v) is 9.01. The van der Waals surface area contributed by atoms with Crippen LogP contribution in [0.5, 0.6) is 0 Å². The summed E-state index contributed by atoms with van der Waals surface area (Å²) >= 11 is 0. The number of hydrogen-bond donors (Lipinski definition) is 2. The van der Waals surface area contributed by atoms with Crippen molar-refractivity contribution in [1.82, 2.24) is 5.32 Å². The minimum Gasteiger partial charge on any atom is -0.334 e. The number of hydrogen-bond acceptors (Lipinski definition) is 2. The normalized spacial score (nSPS) is 12.7. The van der Waals surface area contributed by atoms with E-state index < -0.39 is 0 Å². The number of nitrogens with zero attached hydrogens (tertiary/aromatic N) is 1. The first-order valence-electron chi connectivity index (χ1n) is 9.01. The molecule has 5 nitrogen and oxygen atoms in total. The number of benzene rings is 2. The molecule has 0 fully saturated rings. The predicted octanol–water partition coefficient (Wildman–Crippen LogP) is 3.92. The number of amides is 3. The summed E-state index contributed by atoms with van der Waals surface area (Å²) in [6.45, 7) is 7.09. The van der Waals surface area contributed by atoms with E-state index in [0.717, 1.165) is 41.0 Å². The SMILES string of the molecule is CCC(=O)N1CCc2cc(CNC(=O)Nc3cc(C)cc(C)c3)ccc21. The molecule has 0 unspecified atom stereocenters. The van der Waals surface area contributed by atoms with E-state index in [9.17, 15) is 9.59 Å². The Morgan fingerprint density at radius 3 is 2.50 bits per heavy atom. The lowest BCUT2D eigenvalue weighted by atomic mass is 10.1. The lowest BCUT2D eigenvalue weighted by molar-refractivity contribution is -0.118. The highest BCUT2D eigenvalue weighted by Crippen LogP contribution is 2.29. The van der Waals surface area contributed by atoms with Gasteiger partial charge >= 0.3 is 6.03 Å². The fourth-order valence-corrected chi connectivity index (χ4v) is 3.42. The van der Waals surface area contributed by atoms with Crippen molar-refractivity contribution in [3.63, 3.8) is 0 Å². The molecule has 136 valence electrons. The minimum atomic E-state index is -0.224. The van der Waals surface area contributed by atoms with Gasteiger partial charge in [0.15, 0.2) is 0 Å². The molecule has 0 radical (unpaired) electrons. The molecular formula is C21H25N3O2. The molecule has 0 saturated heterocycles. The number of carbonyl (C=O) groups excluding carboxylic acids is 2. The summed E-state index contributed by atoms with van der Waals surface area (Å²) in [5.74, 6) is 0.155. The standard InChI is InChI=1S/C21H25N3O2/c1-4-20(25)24-8-7-17-12-16(5-6-19(17)24)13-22-21(26)23-18-10-14(2)9-15(3)11-18/h5-6,9-12H,4,7-8,13H2,1-3H3,(H2,22,23,26). The highest BCUT2D eigenvalue weighted by atomic mass is 16.2. The first kappa shape index (κ1) is 18.0. The van der Waals surface area contributed by atoms with Gasteiger partial charge in [-0.2, -0.15) is 0 Å². The average molecular weight is 351 g/mol. The van der Waals surface area contributed by atoms with Crippen LogP contribution in [0.2, 0.25) is 0 Å². The second kappa shape index (κ2) is 7.60. The molecule has 2 aromatic carbocycles. The van der Waals surface area contributed by atoms with Gasteiger partial charge in [-0.05, 0) is 60.7 Å². The molecule has 3 amide bonds. The van der Waals surface area contributed by atoms with Crippen LogP contribution in [-0.2, 0) is 17.8 Å². The Hall–Kier alpha value is -2.82. The predicted molar refractivity (Wildman–Crippen MR) is 105 cm³/mol. The molecule has 0 spiro atoms. The summed E-state index contributed by atoms with van der Waals surface area (Å²) in [6, 6.07) is 11.8. The highest BCUT2D eigenvalue weighted by Gasteiger charge is 2.23. The number of urea groups is 1. The summed E-state index contributed by atoms with van der Waals surface area (Å²) in [5.41, 5.74) is 6.23. The fraction of sp³-hybridized carbons (Fsp3) is 0.333. The molecule has 0 atom stereocenters. The van der Waals surface area contributed by atoms with Crippen molar-refractivity contribution >= 4 is 23.3 Å². The highest BCUT2D eigenvalue weighted by molar-refractivity contribution is 5.95. The van der Waals surface area contributed by atoms with E-state index in [1.54, 1.807) is 0 Å². The van der Waals surface area contributed by atoms with E-state index in [0.29, 0.717) is 13.0 Å². The third-order valence-electron chi connectivity index (χ3n) is 4.58. The smallest absolute Gasteiger partial charge is 0.319 e. The Morgan fingerprint density at radius 1 is 1.08 bits per heavy atom. The van der Waals surface area contributed by atoms with Gasteiger partial charge in [-0.3, -0.25) is 4.79 Å². The van der Waals surface area contributed by atoms with Gasteiger partial charge in [0.05, 0.1) is 0 Å². The topological polar surface area (TPSA) is 61.4 Å². The van der Waals surface area contributed by atoms with E-state index >= 15 is 0 Å². The van der Waals surface area contributed by atoms with Crippen LogP contribution in [0.4, 0.5) is 16.2 Å². The Balaban J connectivity index is 1.60. The summed E-state index contributed by atoms with van der Waals surface area (Å²) in [6.07, 6.45) is 1.38. The van der Waals surface area contributed by atoms with Crippen molar-refractivity contribution in [3.8, 4) is 0 Å². The second-order valence-electron chi connectivity index (χ2n) is 6.80. The summed E-state index contributed by atoms with van der Waals surface area (Å²) in [7, 11) is 0. The molecule has 26 heavy (non-hydrogen) atoms. The third kappa shape index (κ3) is 4.04. The van der Waals surface area contributed by atoms with E-state index in [1.165, 1.54) is 5.56 Å². The maximum atomic E-state index is 12.1. The fourth-order valence-electron chi connectivity index (χ4n) is 3.42. The molecule has 0 aliphatic carbocycles. The van der Waals surface area contributed by atoms with Crippen molar-refractivity contribution < 1.29 is 9.59 Å². The molecule has 0 saturated carbocycles. The van der Waals surface area contributed by atoms with Crippen LogP contribution in [0.1, 0.15) is 35.6 Å². The number of fused-ring (bicyclic) bond motifs is 1. The monoisotopic (exact) mass is 351 g/mol. The van der Waals surface area contributed by atoms with E-state index in [1.807, 2.05) is 49.9 Å². The second-order valence-corrected chi connectivity index (χ2v) is 6.80. The van der Waals surface area contributed by atoms with Gasteiger partial charge in [-0.25, -0.2) is 4.79 Å². The van der Waals surface area contributed by atoms with Crippen LogP contribution in [0, 0.1) is 13.8 Å². The van der Waals surface area contributed by atoms with E-state index in [4.69, 9.17) is 0 Å². The van der Waals surface area contributed by atoms with E-state index in [2.05, 4.69) is 22.8 Å². The molecule has 1 heterocycles. The van der Waals surface area contributed by atoms with Crippen LogP contribution in [0.25, 0.3) is 0 Å². The molecule has 5 heteroatoms. The van der Waals surface area contributed by atoms with Crippen LogP contribution in [-0.4, -0.2) is 18.5 Å². The largest absolute Gasteiger partial charge is 0.334 e. The van der Waals surface area contributed by atoms with Gasteiger partial charge in [-0.1, -0.05) is 25.1 Å². The third-order valence-corrected chi connectivity index (χ3v) is 4.58. The average Bonchev–Trinajstić information content (AvgIpc) is 3.01. The minimum absolute atomic E-state index is 0.155. The Morgan fingerprint density at radius 2 is 1.81 bits per heavy atom. The van der Waals surface area contributed by atoms with Gasteiger partial charge in [0.25, 0.3) is 0 Å². The van der Waals surface area contributed by atoms with Crippen molar-refractivity contribution in [2.45, 2.75) is 40.2 Å². The zero-order chi connectivity index (χ0) is 18.7. The lowest BCUT2D eigenvalue weighted by Gasteiger charge is -2.16. The molecule has 0 aromatic heterocycles. The number of carbonyl (C=O) groups is 2. The van der Waals surface area contributed by atoms with Gasteiger partial charge < -0.3 is 15.5 Å². The molecule has 1 aliphatic rings. The molecule has 0 bridgehead atoms.